The zero-order chi connectivity index (χ0) is 16.9. The van der Waals surface area contributed by atoms with Crippen molar-refractivity contribution in [3.63, 3.8) is 0 Å². The summed E-state index contributed by atoms with van der Waals surface area (Å²) in [4.78, 5) is 16.4. The van der Waals surface area contributed by atoms with Gasteiger partial charge in [0.1, 0.15) is 5.75 Å². The van der Waals surface area contributed by atoms with Crippen LogP contribution in [0.4, 0.5) is 0 Å². The molecule has 0 fully saturated rings. The minimum atomic E-state index is -0.183. The van der Waals surface area contributed by atoms with Gasteiger partial charge in [0.05, 0.1) is 13.7 Å². The number of nitrogens with one attached hydrogen (secondary N) is 1. The summed E-state index contributed by atoms with van der Waals surface area (Å²) in [5.74, 6) is 1.39. The lowest BCUT2D eigenvalue weighted by molar-refractivity contribution is 0.0946. The third-order valence-electron chi connectivity index (χ3n) is 3.30. The molecule has 0 atom stereocenters. The van der Waals surface area contributed by atoms with Crippen molar-refractivity contribution in [2.75, 3.05) is 7.11 Å². The first-order valence-electron chi connectivity index (χ1n) is 7.16. The molecule has 0 radical (unpaired) electrons. The Morgan fingerprint density at radius 3 is 2.75 bits per heavy atom. The van der Waals surface area contributed by atoms with Crippen LogP contribution in [-0.2, 0) is 6.54 Å². The number of halogens is 1. The predicted molar refractivity (Wildman–Crippen MR) is 96.6 cm³/mol. The largest absolute Gasteiger partial charge is 0.497 e. The standard InChI is InChI=1S/C17H14IN3O3/c1-23-14-7-5-11(6-8-14)16-20-15(24-21-16)10-19-17(22)12-3-2-4-13(18)9-12/h2-9H,10H2,1H3,(H,19,22). The summed E-state index contributed by atoms with van der Waals surface area (Å²) in [6.45, 7) is 0.174. The number of hydrogen-bond donors (Lipinski definition) is 1. The van der Waals surface area contributed by atoms with E-state index in [9.17, 15) is 4.79 Å². The number of amides is 1. The van der Waals surface area contributed by atoms with Crippen molar-refractivity contribution in [1.29, 1.82) is 0 Å². The van der Waals surface area contributed by atoms with Gasteiger partial charge in [0.15, 0.2) is 0 Å². The maximum absolute atomic E-state index is 12.1. The Labute approximate surface area is 152 Å². The van der Waals surface area contributed by atoms with E-state index in [1.807, 2.05) is 42.5 Å². The molecule has 0 aliphatic rings. The van der Waals surface area contributed by atoms with E-state index in [-0.39, 0.29) is 12.5 Å². The van der Waals surface area contributed by atoms with Gasteiger partial charge in [-0.2, -0.15) is 4.98 Å². The van der Waals surface area contributed by atoms with Crippen LogP contribution in [0, 0.1) is 3.57 Å². The summed E-state index contributed by atoms with van der Waals surface area (Å²) in [5.41, 5.74) is 1.41. The van der Waals surface area contributed by atoms with Crippen LogP contribution in [0.1, 0.15) is 16.2 Å². The second kappa shape index (κ2) is 7.43. The van der Waals surface area contributed by atoms with E-state index < -0.39 is 0 Å². The van der Waals surface area contributed by atoms with Gasteiger partial charge in [-0.1, -0.05) is 11.2 Å². The van der Waals surface area contributed by atoms with Gasteiger partial charge >= 0.3 is 0 Å². The van der Waals surface area contributed by atoms with Gasteiger partial charge in [0.2, 0.25) is 11.7 Å². The van der Waals surface area contributed by atoms with E-state index in [0.29, 0.717) is 17.3 Å². The van der Waals surface area contributed by atoms with E-state index in [0.717, 1.165) is 14.9 Å². The molecule has 0 unspecified atom stereocenters. The molecule has 24 heavy (non-hydrogen) atoms. The first kappa shape index (κ1) is 16.4. The van der Waals surface area contributed by atoms with Crippen LogP contribution < -0.4 is 10.1 Å². The second-order valence-corrected chi connectivity index (χ2v) is 6.18. The average Bonchev–Trinajstić information content (AvgIpc) is 3.09. The molecule has 0 aliphatic carbocycles. The van der Waals surface area contributed by atoms with Gasteiger partial charge in [0.25, 0.3) is 5.91 Å². The van der Waals surface area contributed by atoms with E-state index in [1.54, 1.807) is 13.2 Å². The van der Waals surface area contributed by atoms with Crippen molar-refractivity contribution in [3.05, 3.63) is 63.6 Å². The Bertz CT molecular complexity index is 846. The SMILES string of the molecule is COc1ccc(-c2noc(CNC(=O)c3cccc(I)c3)n2)cc1. The molecule has 3 aromatic rings. The highest BCUT2D eigenvalue weighted by molar-refractivity contribution is 14.1. The van der Waals surface area contributed by atoms with Crippen molar-refractivity contribution in [2.24, 2.45) is 0 Å². The molecule has 0 aliphatic heterocycles. The molecular weight excluding hydrogens is 421 g/mol. The Morgan fingerprint density at radius 1 is 1.25 bits per heavy atom. The number of hydrogen-bond acceptors (Lipinski definition) is 5. The van der Waals surface area contributed by atoms with Crippen molar-refractivity contribution in [3.8, 4) is 17.1 Å². The molecule has 2 aromatic carbocycles. The van der Waals surface area contributed by atoms with Crippen LogP contribution in [0.2, 0.25) is 0 Å². The average molecular weight is 435 g/mol. The summed E-state index contributed by atoms with van der Waals surface area (Å²) in [6, 6.07) is 14.7. The zero-order valence-electron chi connectivity index (χ0n) is 12.8. The molecule has 0 bridgehead atoms. The lowest BCUT2D eigenvalue weighted by atomic mass is 10.2. The van der Waals surface area contributed by atoms with E-state index in [4.69, 9.17) is 9.26 Å². The minimum Gasteiger partial charge on any atom is -0.497 e. The molecule has 0 spiro atoms. The first-order chi connectivity index (χ1) is 11.7. The molecule has 1 amide bonds. The third kappa shape index (κ3) is 3.91. The van der Waals surface area contributed by atoms with Crippen LogP contribution in [0.15, 0.2) is 53.1 Å². The molecule has 1 N–H and O–H groups in total. The van der Waals surface area contributed by atoms with Crippen molar-refractivity contribution in [2.45, 2.75) is 6.54 Å². The van der Waals surface area contributed by atoms with Gasteiger partial charge < -0.3 is 14.6 Å². The van der Waals surface area contributed by atoms with Gasteiger partial charge in [-0.25, -0.2) is 0 Å². The number of benzene rings is 2. The van der Waals surface area contributed by atoms with Crippen molar-refractivity contribution >= 4 is 28.5 Å². The van der Waals surface area contributed by atoms with Gasteiger partial charge in [0, 0.05) is 14.7 Å². The number of aromatic nitrogens is 2. The predicted octanol–water partition coefficient (Wildman–Crippen LogP) is 3.28. The van der Waals surface area contributed by atoms with Crippen LogP contribution in [0.3, 0.4) is 0 Å². The quantitative estimate of drug-likeness (QED) is 0.623. The fraction of sp³-hybridized carbons (Fsp3) is 0.118. The van der Waals surface area contributed by atoms with E-state index in [2.05, 4.69) is 38.0 Å². The highest BCUT2D eigenvalue weighted by Gasteiger charge is 2.11. The molecular formula is C17H14IN3O3. The number of methoxy groups -OCH3 is 1. The van der Waals surface area contributed by atoms with Gasteiger partial charge in [-0.05, 0) is 65.1 Å². The fourth-order valence-electron chi connectivity index (χ4n) is 2.07. The highest BCUT2D eigenvalue weighted by Crippen LogP contribution is 2.19. The van der Waals surface area contributed by atoms with Crippen LogP contribution in [0.5, 0.6) is 5.75 Å². The number of ether oxygens (including phenoxy) is 1. The normalized spacial score (nSPS) is 10.4. The summed E-state index contributed by atoms with van der Waals surface area (Å²) in [5, 5.41) is 6.69. The Hall–Kier alpha value is -2.42. The number of carbonyl (C=O) groups is 1. The Morgan fingerprint density at radius 2 is 2.04 bits per heavy atom. The van der Waals surface area contributed by atoms with E-state index in [1.165, 1.54) is 0 Å². The number of carbonyl (C=O) groups excluding carboxylic acids is 1. The van der Waals surface area contributed by atoms with Gasteiger partial charge in [-0.3, -0.25) is 4.79 Å². The topological polar surface area (TPSA) is 77.3 Å². The summed E-state index contributed by atoms with van der Waals surface area (Å²) >= 11 is 2.16. The molecule has 6 nitrogen and oxygen atoms in total. The molecule has 1 heterocycles. The highest BCUT2D eigenvalue weighted by atomic mass is 127. The number of rotatable bonds is 5. The van der Waals surface area contributed by atoms with Crippen molar-refractivity contribution in [1.82, 2.24) is 15.5 Å². The van der Waals surface area contributed by atoms with Crippen LogP contribution in [-0.4, -0.2) is 23.2 Å². The monoisotopic (exact) mass is 435 g/mol. The molecule has 0 saturated carbocycles. The molecule has 3 rings (SSSR count). The lowest BCUT2D eigenvalue weighted by Gasteiger charge is -2.02. The Kier molecular flexibility index (Phi) is 5.09. The first-order valence-corrected chi connectivity index (χ1v) is 8.24. The van der Waals surface area contributed by atoms with E-state index >= 15 is 0 Å². The second-order valence-electron chi connectivity index (χ2n) is 4.93. The summed E-state index contributed by atoms with van der Waals surface area (Å²) in [7, 11) is 1.61. The third-order valence-corrected chi connectivity index (χ3v) is 3.97. The maximum Gasteiger partial charge on any atom is 0.251 e. The summed E-state index contributed by atoms with van der Waals surface area (Å²) < 4.78 is 11.3. The smallest absolute Gasteiger partial charge is 0.251 e. The molecule has 1 aromatic heterocycles. The van der Waals surface area contributed by atoms with Crippen LogP contribution in [0.25, 0.3) is 11.4 Å². The van der Waals surface area contributed by atoms with Crippen LogP contribution >= 0.6 is 22.6 Å². The molecule has 0 saturated heterocycles. The molecule has 7 heteroatoms. The van der Waals surface area contributed by atoms with Gasteiger partial charge in [-0.15, -0.1) is 0 Å². The van der Waals surface area contributed by atoms with Crippen molar-refractivity contribution < 1.29 is 14.1 Å². The minimum absolute atomic E-state index is 0.174. The molecule has 122 valence electrons. The fourth-order valence-corrected chi connectivity index (χ4v) is 2.61. The zero-order valence-corrected chi connectivity index (χ0v) is 15.0. The maximum atomic E-state index is 12.1. The lowest BCUT2D eigenvalue weighted by Crippen LogP contribution is -2.22. The number of nitrogens with zero attached hydrogens (tertiary/aromatic N) is 2. The summed E-state index contributed by atoms with van der Waals surface area (Å²) in [6.07, 6.45) is 0. The Balaban J connectivity index is 1.64.